The summed E-state index contributed by atoms with van der Waals surface area (Å²) >= 11 is 1.34. The fourth-order valence-electron chi connectivity index (χ4n) is 1.57. The number of nitrogens with one attached hydrogen (secondary N) is 1. The lowest BCUT2D eigenvalue weighted by molar-refractivity contribution is -0.136. The number of rotatable bonds is 6. The molecule has 7 heteroatoms. The van der Waals surface area contributed by atoms with E-state index in [0.29, 0.717) is 17.4 Å². The summed E-state index contributed by atoms with van der Waals surface area (Å²) in [4.78, 5) is 25.4. The normalized spacial score (nSPS) is 10.2. The molecule has 2 aromatic rings. The van der Waals surface area contributed by atoms with Crippen LogP contribution in [0.5, 0.6) is 0 Å². The molecule has 0 unspecified atom stereocenters. The van der Waals surface area contributed by atoms with Gasteiger partial charge in [0.2, 0.25) is 0 Å². The van der Waals surface area contributed by atoms with Crippen molar-refractivity contribution in [3.05, 3.63) is 46.5 Å². The maximum Gasteiger partial charge on any atom is 0.335 e. The number of carboxylic acids is 2. The fourth-order valence-corrected chi connectivity index (χ4v) is 2.28. The van der Waals surface area contributed by atoms with Gasteiger partial charge in [0, 0.05) is 11.9 Å². The van der Waals surface area contributed by atoms with Crippen molar-refractivity contribution in [1.82, 2.24) is 4.98 Å². The Morgan fingerprint density at radius 3 is 2.50 bits per heavy atom. The van der Waals surface area contributed by atoms with Crippen LogP contribution >= 0.6 is 11.3 Å². The number of nitrogens with zero attached hydrogens (tertiary/aromatic N) is 1. The quantitative estimate of drug-likeness (QED) is 0.754. The van der Waals surface area contributed by atoms with Crippen LogP contribution in [0.4, 0.5) is 5.13 Å². The molecule has 0 spiro atoms. The van der Waals surface area contributed by atoms with Crippen molar-refractivity contribution < 1.29 is 19.8 Å². The summed E-state index contributed by atoms with van der Waals surface area (Å²) in [5.74, 6) is -1.87. The average Bonchev–Trinajstić information content (AvgIpc) is 2.83. The molecule has 0 bridgehead atoms. The number of hydrogen-bond acceptors (Lipinski definition) is 5. The molecular formula is C13H12N2O4S. The van der Waals surface area contributed by atoms with E-state index in [-0.39, 0.29) is 12.0 Å². The number of carbonyl (C=O) groups is 2. The molecule has 104 valence electrons. The number of aliphatic carboxylic acids is 1. The van der Waals surface area contributed by atoms with Crippen LogP contribution in [-0.4, -0.2) is 27.1 Å². The maximum atomic E-state index is 10.7. The lowest BCUT2D eigenvalue weighted by atomic mass is 10.1. The molecule has 1 aromatic heterocycles. The first-order chi connectivity index (χ1) is 9.54. The highest BCUT2D eigenvalue weighted by atomic mass is 32.1. The summed E-state index contributed by atoms with van der Waals surface area (Å²) in [5.41, 5.74) is 1.68. The molecule has 0 fully saturated rings. The molecule has 1 aromatic carbocycles. The van der Waals surface area contributed by atoms with E-state index in [1.54, 1.807) is 17.5 Å². The molecule has 0 aliphatic rings. The third kappa shape index (κ3) is 3.79. The van der Waals surface area contributed by atoms with E-state index in [9.17, 15) is 9.59 Å². The van der Waals surface area contributed by atoms with E-state index in [2.05, 4.69) is 10.3 Å². The Kier molecular flexibility index (Phi) is 4.31. The maximum absolute atomic E-state index is 10.7. The lowest BCUT2D eigenvalue weighted by Crippen LogP contribution is -2.02. The minimum absolute atomic E-state index is 0.0918. The molecule has 0 amide bonds. The molecule has 6 nitrogen and oxygen atoms in total. The zero-order valence-corrected chi connectivity index (χ0v) is 11.2. The number of carboxylic acid groups (broad SMARTS) is 2. The SMILES string of the molecule is O=C(O)Cc1csc(NCc2ccc(C(=O)O)cc2)n1. The van der Waals surface area contributed by atoms with Crippen LogP contribution in [0.3, 0.4) is 0 Å². The highest BCUT2D eigenvalue weighted by Gasteiger charge is 2.06. The average molecular weight is 292 g/mol. The predicted molar refractivity (Wildman–Crippen MR) is 74.2 cm³/mol. The molecule has 0 saturated heterocycles. The minimum atomic E-state index is -0.956. The lowest BCUT2D eigenvalue weighted by Gasteiger charge is -2.03. The summed E-state index contributed by atoms with van der Waals surface area (Å²) in [7, 11) is 0. The van der Waals surface area contributed by atoms with Gasteiger partial charge in [-0.1, -0.05) is 12.1 Å². The van der Waals surface area contributed by atoms with E-state index >= 15 is 0 Å². The summed E-state index contributed by atoms with van der Waals surface area (Å²) < 4.78 is 0. The molecular weight excluding hydrogens is 280 g/mol. The molecule has 0 atom stereocenters. The summed E-state index contributed by atoms with van der Waals surface area (Å²) in [6.45, 7) is 0.500. The first kappa shape index (κ1) is 14.0. The fraction of sp³-hybridized carbons (Fsp3) is 0.154. The molecule has 0 aliphatic heterocycles. The molecule has 0 saturated carbocycles. The van der Waals surface area contributed by atoms with Crippen molar-refractivity contribution >= 4 is 28.4 Å². The first-order valence-electron chi connectivity index (χ1n) is 5.77. The Morgan fingerprint density at radius 1 is 1.20 bits per heavy atom. The van der Waals surface area contributed by atoms with Gasteiger partial charge < -0.3 is 15.5 Å². The second-order valence-corrected chi connectivity index (χ2v) is 4.93. The summed E-state index contributed by atoms with van der Waals surface area (Å²) in [6.07, 6.45) is -0.0918. The van der Waals surface area contributed by atoms with E-state index in [1.165, 1.54) is 23.5 Å². The van der Waals surface area contributed by atoms with Crippen LogP contribution < -0.4 is 5.32 Å². The Hall–Kier alpha value is -2.41. The van der Waals surface area contributed by atoms with E-state index < -0.39 is 11.9 Å². The van der Waals surface area contributed by atoms with Gasteiger partial charge in [-0.05, 0) is 17.7 Å². The predicted octanol–water partition coefficient (Wildman–Crippen LogP) is 2.08. The van der Waals surface area contributed by atoms with Crippen molar-refractivity contribution in [2.24, 2.45) is 0 Å². The van der Waals surface area contributed by atoms with Crippen LogP contribution in [0.25, 0.3) is 0 Å². The van der Waals surface area contributed by atoms with Gasteiger partial charge in [0.05, 0.1) is 17.7 Å². The highest BCUT2D eigenvalue weighted by Crippen LogP contribution is 2.17. The standard InChI is InChI=1S/C13H12N2O4S/c16-11(17)5-10-7-20-13(15-10)14-6-8-1-3-9(4-2-8)12(18)19/h1-4,7H,5-6H2,(H,14,15)(H,16,17)(H,18,19). The zero-order valence-electron chi connectivity index (χ0n) is 10.4. The largest absolute Gasteiger partial charge is 0.481 e. The van der Waals surface area contributed by atoms with Crippen LogP contribution in [0.15, 0.2) is 29.6 Å². The zero-order chi connectivity index (χ0) is 14.5. The van der Waals surface area contributed by atoms with Gasteiger partial charge in [-0.2, -0.15) is 0 Å². The minimum Gasteiger partial charge on any atom is -0.481 e. The number of hydrogen-bond donors (Lipinski definition) is 3. The number of benzene rings is 1. The molecule has 1 heterocycles. The van der Waals surface area contributed by atoms with Gasteiger partial charge in [0.1, 0.15) is 0 Å². The third-order valence-electron chi connectivity index (χ3n) is 2.53. The van der Waals surface area contributed by atoms with Gasteiger partial charge in [-0.25, -0.2) is 9.78 Å². The summed E-state index contributed by atoms with van der Waals surface area (Å²) in [5, 5.41) is 22.8. The monoisotopic (exact) mass is 292 g/mol. The topological polar surface area (TPSA) is 99.5 Å². The van der Waals surface area contributed by atoms with Crippen molar-refractivity contribution in [1.29, 1.82) is 0 Å². The Bertz CT molecular complexity index is 622. The van der Waals surface area contributed by atoms with Crippen LogP contribution in [-0.2, 0) is 17.8 Å². The van der Waals surface area contributed by atoms with Gasteiger partial charge in [-0.15, -0.1) is 11.3 Å². The van der Waals surface area contributed by atoms with Crippen LogP contribution in [0.2, 0.25) is 0 Å². The number of aromatic nitrogens is 1. The molecule has 2 rings (SSSR count). The molecule has 0 radical (unpaired) electrons. The number of aromatic carboxylic acids is 1. The van der Waals surface area contributed by atoms with Crippen LogP contribution in [0, 0.1) is 0 Å². The highest BCUT2D eigenvalue weighted by molar-refractivity contribution is 7.13. The van der Waals surface area contributed by atoms with E-state index in [0.717, 1.165) is 5.56 Å². The van der Waals surface area contributed by atoms with Crippen molar-refractivity contribution in [2.45, 2.75) is 13.0 Å². The number of anilines is 1. The summed E-state index contributed by atoms with van der Waals surface area (Å²) in [6, 6.07) is 6.53. The van der Waals surface area contributed by atoms with Crippen molar-refractivity contribution in [2.75, 3.05) is 5.32 Å². The van der Waals surface area contributed by atoms with Gasteiger partial charge in [0.15, 0.2) is 5.13 Å². The van der Waals surface area contributed by atoms with Crippen molar-refractivity contribution in [3.63, 3.8) is 0 Å². The Balaban J connectivity index is 1.93. The molecule has 3 N–H and O–H groups in total. The number of thiazole rings is 1. The first-order valence-corrected chi connectivity index (χ1v) is 6.65. The van der Waals surface area contributed by atoms with Crippen LogP contribution in [0.1, 0.15) is 21.6 Å². The van der Waals surface area contributed by atoms with Crippen molar-refractivity contribution in [3.8, 4) is 0 Å². The smallest absolute Gasteiger partial charge is 0.335 e. The van der Waals surface area contributed by atoms with E-state index in [4.69, 9.17) is 10.2 Å². The van der Waals surface area contributed by atoms with Gasteiger partial charge in [0.25, 0.3) is 0 Å². The van der Waals surface area contributed by atoms with Gasteiger partial charge >= 0.3 is 11.9 Å². The Labute approximate surface area is 118 Å². The molecule has 20 heavy (non-hydrogen) atoms. The second kappa shape index (κ2) is 6.16. The molecule has 0 aliphatic carbocycles. The Morgan fingerprint density at radius 2 is 1.90 bits per heavy atom. The van der Waals surface area contributed by atoms with E-state index in [1.807, 2.05) is 0 Å². The van der Waals surface area contributed by atoms with Gasteiger partial charge in [-0.3, -0.25) is 4.79 Å². The third-order valence-corrected chi connectivity index (χ3v) is 3.38. The second-order valence-electron chi connectivity index (χ2n) is 4.07.